The van der Waals surface area contributed by atoms with Gasteiger partial charge in [0, 0.05) is 36.7 Å². The Balaban J connectivity index is 1.95. The predicted octanol–water partition coefficient (Wildman–Crippen LogP) is 3.31. The summed E-state index contributed by atoms with van der Waals surface area (Å²) in [5.74, 6) is -1.17. The number of carbonyl (C=O) groups is 3. The summed E-state index contributed by atoms with van der Waals surface area (Å²) >= 11 is 0. The number of Topliss-reactive ketones (excluding diaryl/α,β-unsaturated/α-hetero) is 1. The van der Waals surface area contributed by atoms with E-state index in [0.29, 0.717) is 41.2 Å². The van der Waals surface area contributed by atoms with E-state index in [4.69, 9.17) is 24.9 Å². The van der Waals surface area contributed by atoms with Crippen LogP contribution in [0.4, 0.5) is 0 Å². The van der Waals surface area contributed by atoms with Crippen molar-refractivity contribution in [3.8, 4) is 23.3 Å². The molecule has 3 N–H and O–H groups in total. The van der Waals surface area contributed by atoms with Crippen molar-refractivity contribution in [3.05, 3.63) is 46.3 Å². The Morgan fingerprint density at radius 3 is 2.51 bits per heavy atom. The average Bonchev–Trinajstić information content (AvgIpc) is 3.22. The van der Waals surface area contributed by atoms with Crippen LogP contribution >= 0.6 is 0 Å². The molecule has 0 fully saturated rings. The van der Waals surface area contributed by atoms with Crippen LogP contribution in [0.2, 0.25) is 0 Å². The Labute approximate surface area is 238 Å². The topological polar surface area (TPSA) is 175 Å². The Bertz CT molecular complexity index is 1390. The number of carboxylic acids is 1. The number of pyridine rings is 1. The lowest BCUT2D eigenvalue weighted by Gasteiger charge is -2.26. The molecule has 12 heteroatoms. The molecule has 3 rings (SSSR count). The second kappa shape index (κ2) is 13.1. The van der Waals surface area contributed by atoms with Gasteiger partial charge in [-0.05, 0) is 37.0 Å². The molecular weight excluding hydrogens is 530 g/mol. The van der Waals surface area contributed by atoms with Gasteiger partial charge in [-0.2, -0.15) is 5.26 Å². The third-order valence-electron chi connectivity index (χ3n) is 6.26. The Kier molecular flexibility index (Phi) is 9.89. The van der Waals surface area contributed by atoms with Gasteiger partial charge >= 0.3 is 5.97 Å². The summed E-state index contributed by atoms with van der Waals surface area (Å²) in [7, 11) is 1.48. The number of hydrogen-bond donors (Lipinski definition) is 3. The zero-order valence-corrected chi connectivity index (χ0v) is 23.9. The first-order chi connectivity index (χ1) is 19.4. The van der Waals surface area contributed by atoms with Crippen molar-refractivity contribution >= 4 is 23.5 Å². The molecule has 1 aromatic heterocycles. The number of carbonyl (C=O) groups excluding carboxylic acids is 2. The van der Waals surface area contributed by atoms with Crippen LogP contribution in [-0.4, -0.2) is 71.9 Å². The van der Waals surface area contributed by atoms with Crippen molar-refractivity contribution in [2.75, 3.05) is 33.4 Å². The van der Waals surface area contributed by atoms with E-state index >= 15 is 0 Å². The Morgan fingerprint density at radius 1 is 1.17 bits per heavy atom. The number of fused-ring (bicyclic) bond motifs is 1. The normalized spacial score (nSPS) is 12.4. The van der Waals surface area contributed by atoms with Crippen molar-refractivity contribution in [1.29, 1.82) is 10.7 Å². The second-order valence-corrected chi connectivity index (χ2v) is 10.4. The summed E-state index contributed by atoms with van der Waals surface area (Å²) in [6.45, 7) is 7.49. The third-order valence-corrected chi connectivity index (χ3v) is 6.26. The number of nitrogens with one attached hydrogen (secondary N) is 2. The molecule has 0 saturated carbocycles. The van der Waals surface area contributed by atoms with Gasteiger partial charge < -0.3 is 29.5 Å². The number of carboxylic acid groups (broad SMARTS) is 1. The SMILES string of the molecule is CCOc1cc2c(nc1C(=O)NC)C(=N)N(CC(=O)c1cc(OCCCC#N)c(OCC(=O)O)c(C(C)(C)C)c1)C2. The van der Waals surface area contributed by atoms with Gasteiger partial charge in [0.05, 0.1) is 25.8 Å². The lowest BCUT2D eigenvalue weighted by atomic mass is 9.84. The average molecular weight is 566 g/mol. The summed E-state index contributed by atoms with van der Waals surface area (Å²) in [6.07, 6.45) is 0.713. The second-order valence-electron chi connectivity index (χ2n) is 10.4. The summed E-state index contributed by atoms with van der Waals surface area (Å²) in [6, 6.07) is 6.88. The molecule has 0 radical (unpaired) electrons. The van der Waals surface area contributed by atoms with Crippen LogP contribution in [0.1, 0.15) is 78.2 Å². The van der Waals surface area contributed by atoms with Crippen molar-refractivity contribution in [1.82, 2.24) is 15.2 Å². The van der Waals surface area contributed by atoms with Crippen LogP contribution in [0, 0.1) is 16.7 Å². The first-order valence-electron chi connectivity index (χ1n) is 13.2. The number of nitrogens with zero attached hydrogens (tertiary/aromatic N) is 3. The number of aliphatic carboxylic acids is 1. The van der Waals surface area contributed by atoms with E-state index in [1.807, 2.05) is 26.8 Å². The fourth-order valence-electron chi connectivity index (χ4n) is 4.28. The molecule has 2 heterocycles. The predicted molar refractivity (Wildman–Crippen MR) is 149 cm³/mol. The molecule has 218 valence electrons. The van der Waals surface area contributed by atoms with Crippen molar-refractivity contribution < 1.29 is 33.7 Å². The fourth-order valence-corrected chi connectivity index (χ4v) is 4.28. The molecular formula is C29H35N5O7. The van der Waals surface area contributed by atoms with Gasteiger partial charge in [0.25, 0.3) is 5.91 Å². The van der Waals surface area contributed by atoms with Crippen LogP contribution in [0.25, 0.3) is 0 Å². The molecule has 0 saturated heterocycles. The molecule has 0 bridgehead atoms. The first kappa shape index (κ1) is 30.9. The summed E-state index contributed by atoms with van der Waals surface area (Å²) in [5.41, 5.74) is 1.36. The van der Waals surface area contributed by atoms with Gasteiger partial charge in [-0.25, -0.2) is 9.78 Å². The minimum Gasteiger partial charge on any atom is -0.491 e. The minimum absolute atomic E-state index is 0.00647. The van der Waals surface area contributed by atoms with Gasteiger partial charge in [-0.3, -0.25) is 15.0 Å². The van der Waals surface area contributed by atoms with Crippen molar-refractivity contribution in [2.45, 2.75) is 52.5 Å². The zero-order valence-electron chi connectivity index (χ0n) is 23.9. The van der Waals surface area contributed by atoms with E-state index < -0.39 is 23.9 Å². The molecule has 0 atom stereocenters. The van der Waals surface area contributed by atoms with Crippen LogP contribution in [0.15, 0.2) is 18.2 Å². The van der Waals surface area contributed by atoms with E-state index in [2.05, 4.69) is 10.3 Å². The van der Waals surface area contributed by atoms with Gasteiger partial charge in [-0.15, -0.1) is 0 Å². The number of ether oxygens (including phenoxy) is 3. The van der Waals surface area contributed by atoms with Gasteiger partial charge in [0.2, 0.25) is 0 Å². The molecule has 1 aliphatic heterocycles. The number of amides is 1. The van der Waals surface area contributed by atoms with E-state index in [1.165, 1.54) is 13.1 Å². The number of unbranched alkanes of at least 4 members (excludes halogenated alkanes) is 1. The van der Waals surface area contributed by atoms with E-state index in [9.17, 15) is 19.5 Å². The molecule has 1 aromatic carbocycles. The summed E-state index contributed by atoms with van der Waals surface area (Å²) in [5, 5.41) is 29.2. The number of hydrogen-bond acceptors (Lipinski definition) is 9. The molecule has 0 aliphatic carbocycles. The quantitative estimate of drug-likeness (QED) is 0.241. The lowest BCUT2D eigenvalue weighted by molar-refractivity contribution is -0.139. The number of ketones is 1. The third kappa shape index (κ3) is 7.30. The molecule has 12 nitrogen and oxygen atoms in total. The van der Waals surface area contributed by atoms with E-state index in [0.717, 1.165) is 0 Å². The number of amidine groups is 1. The maximum atomic E-state index is 13.6. The Morgan fingerprint density at radius 2 is 1.90 bits per heavy atom. The zero-order chi connectivity index (χ0) is 30.3. The monoisotopic (exact) mass is 565 g/mol. The molecule has 0 spiro atoms. The number of aromatic nitrogens is 1. The highest BCUT2D eigenvalue weighted by atomic mass is 16.5. The highest BCUT2D eigenvalue weighted by Crippen LogP contribution is 2.40. The highest BCUT2D eigenvalue weighted by Gasteiger charge is 2.32. The smallest absolute Gasteiger partial charge is 0.341 e. The van der Waals surface area contributed by atoms with Gasteiger partial charge in [0.1, 0.15) is 11.5 Å². The van der Waals surface area contributed by atoms with Crippen LogP contribution < -0.4 is 19.5 Å². The van der Waals surface area contributed by atoms with Crippen LogP contribution in [0.5, 0.6) is 17.2 Å². The Hall–Kier alpha value is -4.66. The standard InChI is InChI=1S/C29H35N5O7/c1-6-39-21-13-18-14-34(27(31)24(18)33-25(21)28(38)32-5)15-20(35)17-11-19(29(2,3)4)26(41-16-23(36)37)22(12-17)40-10-8-7-9-30/h11-13,31H,6-8,10,14-16H2,1-5H3,(H,32,38)(H,36,37). The van der Waals surface area contributed by atoms with E-state index in [-0.39, 0.29) is 54.9 Å². The largest absolute Gasteiger partial charge is 0.491 e. The lowest BCUT2D eigenvalue weighted by Crippen LogP contribution is -2.31. The summed E-state index contributed by atoms with van der Waals surface area (Å²) < 4.78 is 17.1. The van der Waals surface area contributed by atoms with Gasteiger partial charge in [-0.1, -0.05) is 20.8 Å². The number of rotatable bonds is 13. The van der Waals surface area contributed by atoms with Crippen molar-refractivity contribution in [3.63, 3.8) is 0 Å². The molecule has 1 amide bonds. The highest BCUT2D eigenvalue weighted by molar-refractivity contribution is 6.05. The minimum atomic E-state index is -1.16. The van der Waals surface area contributed by atoms with Gasteiger partial charge in [0.15, 0.2) is 35.3 Å². The fraction of sp³-hybridized carbons (Fsp3) is 0.448. The van der Waals surface area contributed by atoms with Crippen molar-refractivity contribution in [2.24, 2.45) is 0 Å². The molecule has 2 aromatic rings. The molecule has 0 unspecified atom stereocenters. The molecule has 41 heavy (non-hydrogen) atoms. The summed E-state index contributed by atoms with van der Waals surface area (Å²) in [4.78, 5) is 43.2. The van der Waals surface area contributed by atoms with Crippen LogP contribution in [0.3, 0.4) is 0 Å². The van der Waals surface area contributed by atoms with E-state index in [1.54, 1.807) is 24.0 Å². The molecule has 1 aliphatic rings. The first-order valence-corrected chi connectivity index (χ1v) is 13.2. The number of nitriles is 1. The maximum absolute atomic E-state index is 13.6. The van der Waals surface area contributed by atoms with Crippen LogP contribution in [-0.2, 0) is 16.8 Å². The maximum Gasteiger partial charge on any atom is 0.341 e. The number of benzene rings is 1.